The SMILES string of the molecule is Cc1ccccc1Oc1ccccc1NCC(O)COc1cccc2[nH]c3ccccc3c12. The summed E-state index contributed by atoms with van der Waals surface area (Å²) in [7, 11) is 0. The van der Waals surface area contributed by atoms with Gasteiger partial charge in [-0.05, 0) is 48.9 Å². The van der Waals surface area contributed by atoms with E-state index in [0.717, 1.165) is 44.6 Å². The Bertz CT molecular complexity index is 1390. The number of fused-ring (bicyclic) bond motifs is 3. The highest BCUT2D eigenvalue weighted by atomic mass is 16.5. The molecule has 1 unspecified atom stereocenters. The topological polar surface area (TPSA) is 66.5 Å². The molecule has 0 aliphatic carbocycles. The lowest BCUT2D eigenvalue weighted by atomic mass is 10.1. The lowest BCUT2D eigenvalue weighted by Gasteiger charge is -2.17. The monoisotopic (exact) mass is 438 g/mol. The molecule has 33 heavy (non-hydrogen) atoms. The van der Waals surface area contributed by atoms with Crippen molar-refractivity contribution in [2.75, 3.05) is 18.5 Å². The van der Waals surface area contributed by atoms with Crippen LogP contribution in [0.1, 0.15) is 5.56 Å². The van der Waals surface area contributed by atoms with Gasteiger partial charge in [-0.3, -0.25) is 0 Å². The maximum Gasteiger partial charge on any atom is 0.150 e. The van der Waals surface area contributed by atoms with E-state index < -0.39 is 6.10 Å². The van der Waals surface area contributed by atoms with Gasteiger partial charge in [0.05, 0.1) is 11.2 Å². The van der Waals surface area contributed by atoms with Gasteiger partial charge in [0.2, 0.25) is 0 Å². The first-order valence-electron chi connectivity index (χ1n) is 11.1. The molecule has 0 bridgehead atoms. The third-order valence-corrected chi connectivity index (χ3v) is 5.65. The van der Waals surface area contributed by atoms with Crippen LogP contribution >= 0.6 is 0 Å². The van der Waals surface area contributed by atoms with E-state index in [9.17, 15) is 5.11 Å². The van der Waals surface area contributed by atoms with Crippen molar-refractivity contribution in [1.29, 1.82) is 0 Å². The summed E-state index contributed by atoms with van der Waals surface area (Å²) in [5.41, 5.74) is 3.96. The second kappa shape index (κ2) is 9.27. The van der Waals surface area contributed by atoms with E-state index in [1.165, 1.54) is 0 Å². The van der Waals surface area contributed by atoms with Crippen molar-refractivity contribution in [3.05, 3.63) is 96.6 Å². The number of ether oxygens (including phenoxy) is 2. The highest BCUT2D eigenvalue weighted by molar-refractivity contribution is 6.10. The van der Waals surface area contributed by atoms with Crippen LogP contribution in [0, 0.1) is 6.92 Å². The van der Waals surface area contributed by atoms with Gasteiger partial charge in [0, 0.05) is 22.8 Å². The van der Waals surface area contributed by atoms with Gasteiger partial charge in [-0.15, -0.1) is 0 Å². The molecule has 1 heterocycles. The molecule has 0 saturated heterocycles. The van der Waals surface area contributed by atoms with Gasteiger partial charge in [0.25, 0.3) is 0 Å². The summed E-state index contributed by atoms with van der Waals surface area (Å²) in [4.78, 5) is 3.41. The van der Waals surface area contributed by atoms with Gasteiger partial charge in [-0.2, -0.15) is 0 Å². The molecular weight excluding hydrogens is 412 g/mol. The molecule has 0 spiro atoms. The van der Waals surface area contributed by atoms with Crippen LogP contribution in [0.5, 0.6) is 17.2 Å². The van der Waals surface area contributed by atoms with Crippen LogP contribution in [0.2, 0.25) is 0 Å². The fraction of sp³-hybridized carbons (Fsp3) is 0.143. The van der Waals surface area contributed by atoms with Gasteiger partial charge in [-0.1, -0.05) is 54.6 Å². The van der Waals surface area contributed by atoms with Crippen molar-refractivity contribution in [3.8, 4) is 17.2 Å². The van der Waals surface area contributed by atoms with E-state index >= 15 is 0 Å². The smallest absolute Gasteiger partial charge is 0.150 e. The predicted molar refractivity (Wildman–Crippen MR) is 133 cm³/mol. The fourth-order valence-electron chi connectivity index (χ4n) is 3.95. The van der Waals surface area contributed by atoms with E-state index in [0.29, 0.717) is 12.3 Å². The van der Waals surface area contributed by atoms with Crippen molar-refractivity contribution < 1.29 is 14.6 Å². The summed E-state index contributed by atoms with van der Waals surface area (Å²) in [6.45, 7) is 2.52. The van der Waals surface area contributed by atoms with Gasteiger partial charge < -0.3 is 24.9 Å². The Balaban J connectivity index is 1.25. The van der Waals surface area contributed by atoms with Crippen LogP contribution in [0.15, 0.2) is 91.0 Å². The van der Waals surface area contributed by atoms with Crippen LogP contribution in [-0.2, 0) is 0 Å². The van der Waals surface area contributed by atoms with Crippen molar-refractivity contribution in [2.24, 2.45) is 0 Å². The van der Waals surface area contributed by atoms with Crippen LogP contribution in [0.25, 0.3) is 21.8 Å². The first kappa shape index (κ1) is 20.9. The number of rotatable bonds is 8. The molecule has 0 radical (unpaired) electrons. The zero-order chi connectivity index (χ0) is 22.6. The van der Waals surface area contributed by atoms with Crippen molar-refractivity contribution in [3.63, 3.8) is 0 Å². The number of anilines is 1. The third kappa shape index (κ3) is 4.49. The average Bonchev–Trinajstić information content (AvgIpc) is 3.23. The van der Waals surface area contributed by atoms with Crippen LogP contribution in [0.3, 0.4) is 0 Å². The number of aryl methyl sites for hydroxylation is 1. The number of aromatic nitrogens is 1. The first-order valence-corrected chi connectivity index (χ1v) is 11.1. The summed E-state index contributed by atoms with van der Waals surface area (Å²) in [5, 5.41) is 16.0. The highest BCUT2D eigenvalue weighted by Gasteiger charge is 2.13. The molecule has 5 rings (SSSR count). The van der Waals surface area contributed by atoms with Crippen LogP contribution in [0.4, 0.5) is 5.69 Å². The predicted octanol–water partition coefficient (Wildman–Crippen LogP) is 6.27. The maximum atomic E-state index is 10.6. The number of para-hydroxylation sites is 4. The number of benzene rings is 4. The summed E-state index contributed by atoms with van der Waals surface area (Å²) < 4.78 is 12.1. The van der Waals surface area contributed by atoms with Crippen molar-refractivity contribution >= 4 is 27.5 Å². The van der Waals surface area contributed by atoms with Crippen LogP contribution < -0.4 is 14.8 Å². The number of aliphatic hydroxyl groups excluding tert-OH is 1. The minimum atomic E-state index is -0.697. The molecule has 4 aromatic carbocycles. The maximum absolute atomic E-state index is 10.6. The molecule has 0 aliphatic rings. The Morgan fingerprint density at radius 2 is 1.48 bits per heavy atom. The molecule has 0 fully saturated rings. The van der Waals surface area contributed by atoms with Gasteiger partial charge in [0.1, 0.15) is 24.2 Å². The van der Waals surface area contributed by atoms with Crippen molar-refractivity contribution in [2.45, 2.75) is 13.0 Å². The molecule has 5 heteroatoms. The summed E-state index contributed by atoms with van der Waals surface area (Å²) >= 11 is 0. The summed E-state index contributed by atoms with van der Waals surface area (Å²) in [6, 6.07) is 29.7. The van der Waals surface area contributed by atoms with E-state index in [4.69, 9.17) is 9.47 Å². The molecule has 0 aliphatic heterocycles. The fourth-order valence-corrected chi connectivity index (χ4v) is 3.95. The first-order chi connectivity index (χ1) is 16.2. The molecule has 1 aromatic heterocycles. The van der Waals surface area contributed by atoms with E-state index in [1.807, 2.05) is 91.9 Å². The molecule has 3 N–H and O–H groups in total. The Morgan fingerprint density at radius 3 is 2.36 bits per heavy atom. The lowest BCUT2D eigenvalue weighted by Crippen LogP contribution is -2.26. The molecule has 5 nitrogen and oxygen atoms in total. The number of hydrogen-bond acceptors (Lipinski definition) is 4. The third-order valence-electron chi connectivity index (χ3n) is 5.65. The quantitative estimate of drug-likeness (QED) is 0.267. The van der Waals surface area contributed by atoms with Gasteiger partial charge in [0.15, 0.2) is 5.75 Å². The Kier molecular flexibility index (Phi) is 5.87. The standard InChI is InChI=1S/C28H26N2O3/c1-19-9-2-6-14-25(19)33-26-15-7-5-12-23(26)29-17-20(31)18-32-27-16-8-13-24-28(27)21-10-3-4-11-22(21)30-24/h2-16,20,29-31H,17-18H2,1H3. The molecule has 0 amide bonds. The summed E-state index contributed by atoms with van der Waals surface area (Å²) in [6.07, 6.45) is -0.697. The second-order valence-electron chi connectivity index (χ2n) is 8.06. The van der Waals surface area contributed by atoms with E-state index in [2.05, 4.69) is 16.4 Å². The highest BCUT2D eigenvalue weighted by Crippen LogP contribution is 2.33. The zero-order valence-electron chi connectivity index (χ0n) is 18.4. The molecule has 1 atom stereocenters. The Morgan fingerprint density at radius 1 is 0.788 bits per heavy atom. The number of nitrogens with one attached hydrogen (secondary N) is 2. The minimum Gasteiger partial charge on any atom is -0.490 e. The van der Waals surface area contributed by atoms with Gasteiger partial charge in [-0.25, -0.2) is 0 Å². The normalized spacial score (nSPS) is 12.1. The average molecular weight is 439 g/mol. The Hall–Kier alpha value is -3.96. The summed E-state index contributed by atoms with van der Waals surface area (Å²) in [5.74, 6) is 2.28. The molecule has 5 aromatic rings. The van der Waals surface area contributed by atoms with E-state index in [1.54, 1.807) is 0 Å². The zero-order valence-corrected chi connectivity index (χ0v) is 18.4. The Labute approximate surface area is 192 Å². The van der Waals surface area contributed by atoms with Gasteiger partial charge >= 0.3 is 0 Å². The lowest BCUT2D eigenvalue weighted by molar-refractivity contribution is 0.118. The van der Waals surface area contributed by atoms with E-state index in [-0.39, 0.29) is 6.61 Å². The molecular formula is C28H26N2O3. The largest absolute Gasteiger partial charge is 0.490 e. The number of H-pyrrole nitrogens is 1. The van der Waals surface area contributed by atoms with Crippen LogP contribution in [-0.4, -0.2) is 29.3 Å². The molecule has 166 valence electrons. The number of aliphatic hydroxyl groups is 1. The minimum absolute atomic E-state index is 0.173. The van der Waals surface area contributed by atoms with Crippen molar-refractivity contribution in [1.82, 2.24) is 4.98 Å². The second-order valence-corrected chi connectivity index (χ2v) is 8.06. The molecule has 0 saturated carbocycles. The number of aromatic amines is 1. The number of hydrogen-bond donors (Lipinski definition) is 3.